The molecule has 1 amide bonds. The van der Waals surface area contributed by atoms with Crippen molar-refractivity contribution in [3.8, 4) is 0 Å². The van der Waals surface area contributed by atoms with Crippen molar-refractivity contribution in [2.45, 2.75) is 38.1 Å². The average molecular weight is 287 g/mol. The van der Waals surface area contributed by atoms with Gasteiger partial charge in [-0.2, -0.15) is 0 Å². The molecule has 1 fully saturated rings. The highest BCUT2D eigenvalue weighted by molar-refractivity contribution is 5.85. The lowest BCUT2D eigenvalue weighted by atomic mass is 10.0. The maximum Gasteiger partial charge on any atom is 0.328 e. The molecule has 0 unspecified atom stereocenters. The second kappa shape index (κ2) is 5.88. The Bertz CT molecular complexity index is 530. The lowest BCUT2D eigenvalue weighted by Gasteiger charge is -2.24. The van der Waals surface area contributed by atoms with Crippen molar-refractivity contribution in [3.63, 3.8) is 0 Å². The normalized spacial score (nSPS) is 21.4. The molecule has 0 aromatic heterocycles. The Morgan fingerprint density at radius 1 is 1.24 bits per heavy atom. The summed E-state index contributed by atoms with van der Waals surface area (Å²) in [6.45, 7) is 0.679. The Hall–Kier alpha value is -1.84. The molecular formula is C17H21NO3. The first-order valence-corrected chi connectivity index (χ1v) is 7.63. The number of carbonyl (C=O) groups excluding carboxylic acids is 2. The number of nitrogens with zero attached hydrogens (tertiary/aromatic N) is 1. The molecule has 0 radical (unpaired) electrons. The van der Waals surface area contributed by atoms with E-state index in [0.29, 0.717) is 18.9 Å². The van der Waals surface area contributed by atoms with Gasteiger partial charge in [0.05, 0.1) is 7.11 Å². The molecule has 0 saturated carbocycles. The molecular weight excluding hydrogens is 266 g/mol. The minimum absolute atomic E-state index is 0.0979. The SMILES string of the molecule is COC(=O)[C@@H]1CCCN1C(=O)CC1Cc2ccccc2C1. The number of carbonyl (C=O) groups is 2. The van der Waals surface area contributed by atoms with E-state index < -0.39 is 0 Å². The fraction of sp³-hybridized carbons (Fsp3) is 0.529. The summed E-state index contributed by atoms with van der Waals surface area (Å²) in [5.74, 6) is 0.185. The molecule has 112 valence electrons. The number of fused-ring (bicyclic) bond motifs is 1. The van der Waals surface area contributed by atoms with Crippen LogP contribution in [0.1, 0.15) is 30.4 Å². The molecule has 4 heteroatoms. The molecule has 1 saturated heterocycles. The second-order valence-electron chi connectivity index (χ2n) is 6.02. The van der Waals surface area contributed by atoms with Crippen molar-refractivity contribution in [3.05, 3.63) is 35.4 Å². The van der Waals surface area contributed by atoms with Crippen LogP contribution in [-0.2, 0) is 27.2 Å². The first-order valence-electron chi connectivity index (χ1n) is 7.63. The zero-order valence-corrected chi connectivity index (χ0v) is 12.4. The van der Waals surface area contributed by atoms with Crippen molar-refractivity contribution in [2.24, 2.45) is 5.92 Å². The predicted molar refractivity (Wildman–Crippen MR) is 78.7 cm³/mol. The van der Waals surface area contributed by atoms with Gasteiger partial charge < -0.3 is 9.64 Å². The molecule has 4 nitrogen and oxygen atoms in total. The zero-order chi connectivity index (χ0) is 14.8. The Labute approximate surface area is 125 Å². The van der Waals surface area contributed by atoms with E-state index in [9.17, 15) is 9.59 Å². The van der Waals surface area contributed by atoms with Crippen molar-refractivity contribution in [2.75, 3.05) is 13.7 Å². The van der Waals surface area contributed by atoms with Crippen LogP contribution in [-0.4, -0.2) is 36.5 Å². The van der Waals surface area contributed by atoms with Crippen LogP contribution in [0.15, 0.2) is 24.3 Å². The van der Waals surface area contributed by atoms with Gasteiger partial charge in [0.1, 0.15) is 6.04 Å². The number of methoxy groups -OCH3 is 1. The molecule has 21 heavy (non-hydrogen) atoms. The van der Waals surface area contributed by atoms with Gasteiger partial charge in [-0.15, -0.1) is 0 Å². The maximum atomic E-state index is 12.5. The fourth-order valence-electron chi connectivity index (χ4n) is 3.60. The minimum Gasteiger partial charge on any atom is -0.467 e. The molecule has 0 N–H and O–H groups in total. The van der Waals surface area contributed by atoms with E-state index in [4.69, 9.17) is 4.74 Å². The standard InChI is InChI=1S/C17H21NO3/c1-21-17(20)15-7-4-8-18(15)16(19)11-12-9-13-5-2-3-6-14(13)10-12/h2-3,5-6,12,15H,4,7-11H2,1H3/t15-/m0/s1. The molecule has 1 aromatic rings. The highest BCUT2D eigenvalue weighted by Gasteiger charge is 2.36. The maximum absolute atomic E-state index is 12.5. The van der Waals surface area contributed by atoms with Gasteiger partial charge in [-0.25, -0.2) is 4.79 Å². The van der Waals surface area contributed by atoms with Crippen molar-refractivity contribution in [1.82, 2.24) is 4.90 Å². The molecule has 0 spiro atoms. The van der Waals surface area contributed by atoms with E-state index in [-0.39, 0.29) is 17.9 Å². The number of hydrogen-bond acceptors (Lipinski definition) is 3. The third-order valence-electron chi connectivity index (χ3n) is 4.65. The van der Waals surface area contributed by atoms with Crippen LogP contribution in [0.3, 0.4) is 0 Å². The quantitative estimate of drug-likeness (QED) is 0.798. The summed E-state index contributed by atoms with van der Waals surface area (Å²) in [5, 5.41) is 0. The van der Waals surface area contributed by atoms with E-state index in [2.05, 4.69) is 24.3 Å². The van der Waals surface area contributed by atoms with Gasteiger partial charge in [0.25, 0.3) is 0 Å². The third-order valence-corrected chi connectivity index (χ3v) is 4.65. The van der Waals surface area contributed by atoms with Crippen molar-refractivity contribution < 1.29 is 14.3 Å². The van der Waals surface area contributed by atoms with Gasteiger partial charge in [-0.3, -0.25) is 4.79 Å². The largest absolute Gasteiger partial charge is 0.467 e. The summed E-state index contributed by atoms with van der Waals surface area (Å²) in [6.07, 6.45) is 4.08. The summed E-state index contributed by atoms with van der Waals surface area (Å²) in [7, 11) is 1.39. The number of likely N-dealkylation sites (tertiary alicyclic amines) is 1. The first-order chi connectivity index (χ1) is 10.2. The van der Waals surface area contributed by atoms with Gasteiger partial charge >= 0.3 is 5.97 Å². The molecule has 1 heterocycles. The molecule has 1 aromatic carbocycles. The summed E-state index contributed by atoms with van der Waals surface area (Å²) in [4.78, 5) is 25.9. The number of benzene rings is 1. The lowest BCUT2D eigenvalue weighted by Crippen LogP contribution is -2.41. The highest BCUT2D eigenvalue weighted by atomic mass is 16.5. The molecule has 1 aliphatic carbocycles. The van der Waals surface area contributed by atoms with Crippen LogP contribution in [0.5, 0.6) is 0 Å². The van der Waals surface area contributed by atoms with Crippen LogP contribution in [0.2, 0.25) is 0 Å². The second-order valence-corrected chi connectivity index (χ2v) is 6.02. The van der Waals surface area contributed by atoms with Crippen molar-refractivity contribution >= 4 is 11.9 Å². The zero-order valence-electron chi connectivity index (χ0n) is 12.4. The summed E-state index contributed by atoms with van der Waals surface area (Å²) in [5.41, 5.74) is 2.72. The number of rotatable bonds is 3. The first kappa shape index (κ1) is 14.1. The third kappa shape index (κ3) is 2.80. The topological polar surface area (TPSA) is 46.6 Å². The molecule has 0 bridgehead atoms. The molecule has 1 atom stereocenters. The fourth-order valence-corrected chi connectivity index (χ4v) is 3.60. The van der Waals surface area contributed by atoms with Crippen LogP contribution >= 0.6 is 0 Å². The molecule has 1 aliphatic heterocycles. The molecule has 3 rings (SSSR count). The number of amides is 1. The minimum atomic E-state index is -0.369. The number of esters is 1. The van der Waals surface area contributed by atoms with Crippen molar-refractivity contribution in [1.29, 1.82) is 0 Å². The number of hydrogen-bond donors (Lipinski definition) is 0. The van der Waals surface area contributed by atoms with Gasteiger partial charge in [-0.1, -0.05) is 24.3 Å². The Morgan fingerprint density at radius 2 is 1.90 bits per heavy atom. The Morgan fingerprint density at radius 3 is 2.52 bits per heavy atom. The highest BCUT2D eigenvalue weighted by Crippen LogP contribution is 2.30. The summed E-state index contributed by atoms with van der Waals surface area (Å²) < 4.78 is 4.80. The Kier molecular flexibility index (Phi) is 3.95. The molecule has 2 aliphatic rings. The monoisotopic (exact) mass is 287 g/mol. The van der Waals surface area contributed by atoms with Gasteiger partial charge in [0.15, 0.2) is 0 Å². The van der Waals surface area contributed by atoms with Gasteiger partial charge in [0, 0.05) is 13.0 Å². The van der Waals surface area contributed by atoms with E-state index >= 15 is 0 Å². The number of ether oxygens (including phenoxy) is 1. The smallest absolute Gasteiger partial charge is 0.328 e. The Balaban J connectivity index is 1.61. The summed E-state index contributed by atoms with van der Waals surface area (Å²) >= 11 is 0. The average Bonchev–Trinajstić information content (AvgIpc) is 3.12. The van der Waals surface area contributed by atoms with Gasteiger partial charge in [0.2, 0.25) is 5.91 Å². The predicted octanol–water partition coefficient (Wildman–Crippen LogP) is 1.96. The van der Waals surface area contributed by atoms with Crippen LogP contribution < -0.4 is 0 Å². The summed E-state index contributed by atoms with van der Waals surface area (Å²) in [6, 6.07) is 8.03. The van der Waals surface area contributed by atoms with Gasteiger partial charge in [-0.05, 0) is 42.7 Å². The van der Waals surface area contributed by atoms with E-state index in [0.717, 1.165) is 25.7 Å². The van der Waals surface area contributed by atoms with E-state index in [1.54, 1.807) is 4.90 Å². The van der Waals surface area contributed by atoms with E-state index in [1.807, 2.05) is 0 Å². The van der Waals surface area contributed by atoms with E-state index in [1.165, 1.54) is 18.2 Å². The lowest BCUT2D eigenvalue weighted by molar-refractivity contribution is -0.151. The van der Waals surface area contributed by atoms with Crippen LogP contribution in [0.25, 0.3) is 0 Å². The van der Waals surface area contributed by atoms with Crippen LogP contribution in [0.4, 0.5) is 0 Å². The van der Waals surface area contributed by atoms with Crippen LogP contribution in [0, 0.1) is 5.92 Å².